The van der Waals surface area contributed by atoms with Gasteiger partial charge in [0.15, 0.2) is 0 Å². The van der Waals surface area contributed by atoms with Gasteiger partial charge in [-0.25, -0.2) is 0 Å². The molecule has 4 heteroatoms. The lowest BCUT2D eigenvalue weighted by Gasteiger charge is -2.39. The molecule has 1 fully saturated rings. The second kappa shape index (κ2) is 6.34. The van der Waals surface area contributed by atoms with Crippen molar-refractivity contribution in [3.8, 4) is 0 Å². The first-order chi connectivity index (χ1) is 8.32. The molecular weight excluding hydrogens is 228 g/mol. The highest BCUT2D eigenvalue weighted by Gasteiger charge is 2.35. The predicted molar refractivity (Wildman–Crippen MR) is 73.4 cm³/mol. The number of nitrogens with zero attached hydrogens (tertiary/aromatic N) is 2. The van der Waals surface area contributed by atoms with Gasteiger partial charge in [0.05, 0.1) is 12.0 Å². The molecule has 1 rings (SSSR count). The molecule has 0 saturated carbocycles. The molecule has 0 aromatic carbocycles. The maximum absolute atomic E-state index is 11.7. The first-order valence-electron chi connectivity index (χ1n) is 6.61. The van der Waals surface area contributed by atoms with E-state index >= 15 is 0 Å². The number of aliphatic hydroxyl groups is 1. The van der Waals surface area contributed by atoms with Gasteiger partial charge in [-0.15, -0.1) is 0 Å². The summed E-state index contributed by atoms with van der Waals surface area (Å²) in [5.74, 6) is 0.00145. The Labute approximate surface area is 110 Å². The molecule has 1 atom stereocenters. The summed E-state index contributed by atoms with van der Waals surface area (Å²) in [6.45, 7) is 6.61. The van der Waals surface area contributed by atoms with E-state index in [9.17, 15) is 9.90 Å². The van der Waals surface area contributed by atoms with E-state index in [4.69, 9.17) is 0 Å². The molecule has 1 heterocycles. The molecule has 104 valence electrons. The van der Waals surface area contributed by atoms with E-state index in [0.29, 0.717) is 6.54 Å². The molecule has 0 radical (unpaired) electrons. The molecule has 1 saturated heterocycles. The second-order valence-corrected chi connectivity index (χ2v) is 5.81. The van der Waals surface area contributed by atoms with E-state index in [1.54, 1.807) is 19.0 Å². The van der Waals surface area contributed by atoms with Gasteiger partial charge in [0.1, 0.15) is 0 Å². The highest BCUT2D eigenvalue weighted by atomic mass is 16.3. The van der Waals surface area contributed by atoms with Gasteiger partial charge in [-0.2, -0.15) is 0 Å². The summed E-state index contributed by atoms with van der Waals surface area (Å²) in [6, 6.07) is 0. The van der Waals surface area contributed by atoms with Crippen molar-refractivity contribution in [3.63, 3.8) is 0 Å². The number of rotatable bonds is 4. The largest absolute Gasteiger partial charge is 0.388 e. The Hall–Kier alpha value is -0.870. The van der Waals surface area contributed by atoms with Gasteiger partial charge >= 0.3 is 0 Å². The zero-order valence-corrected chi connectivity index (χ0v) is 12.1. The molecule has 4 nitrogen and oxygen atoms in total. The summed E-state index contributed by atoms with van der Waals surface area (Å²) >= 11 is 0. The van der Waals surface area contributed by atoms with E-state index in [1.807, 2.05) is 0 Å². The van der Waals surface area contributed by atoms with Gasteiger partial charge in [0.2, 0.25) is 5.91 Å². The molecule has 0 spiro atoms. The molecule has 1 amide bonds. The van der Waals surface area contributed by atoms with Crippen molar-refractivity contribution < 1.29 is 9.90 Å². The number of piperidine rings is 1. The maximum atomic E-state index is 11.7. The van der Waals surface area contributed by atoms with Crippen LogP contribution in [0, 0.1) is 0 Å². The van der Waals surface area contributed by atoms with Crippen molar-refractivity contribution in [3.05, 3.63) is 11.6 Å². The lowest BCUT2D eigenvalue weighted by atomic mass is 9.89. The monoisotopic (exact) mass is 254 g/mol. The van der Waals surface area contributed by atoms with Crippen LogP contribution in [0.3, 0.4) is 0 Å². The molecular formula is C14H26N2O2. The Morgan fingerprint density at radius 2 is 2.11 bits per heavy atom. The second-order valence-electron chi connectivity index (χ2n) is 5.81. The number of carbonyl (C=O) groups excluding carboxylic acids is 1. The average Bonchev–Trinajstić information content (AvgIpc) is 2.25. The topological polar surface area (TPSA) is 43.8 Å². The van der Waals surface area contributed by atoms with Crippen molar-refractivity contribution in [1.29, 1.82) is 0 Å². The Balaban J connectivity index is 2.56. The number of amides is 1. The number of likely N-dealkylation sites (tertiary alicyclic amines) is 1. The number of hydrogen-bond donors (Lipinski definition) is 1. The van der Waals surface area contributed by atoms with E-state index in [0.717, 1.165) is 25.9 Å². The van der Waals surface area contributed by atoms with E-state index in [-0.39, 0.29) is 12.3 Å². The summed E-state index contributed by atoms with van der Waals surface area (Å²) < 4.78 is 0. The van der Waals surface area contributed by atoms with Crippen LogP contribution in [-0.4, -0.2) is 60.1 Å². The lowest BCUT2D eigenvalue weighted by molar-refractivity contribution is -0.136. The molecule has 1 aliphatic rings. The Morgan fingerprint density at radius 3 is 2.67 bits per heavy atom. The minimum Gasteiger partial charge on any atom is -0.388 e. The molecule has 0 aromatic heterocycles. The third kappa shape index (κ3) is 4.78. The van der Waals surface area contributed by atoms with Crippen LogP contribution in [0.15, 0.2) is 11.6 Å². The lowest BCUT2D eigenvalue weighted by Crippen LogP contribution is -2.50. The van der Waals surface area contributed by atoms with Crippen molar-refractivity contribution in [1.82, 2.24) is 9.80 Å². The van der Waals surface area contributed by atoms with E-state index in [1.165, 1.54) is 5.57 Å². The normalized spacial score (nSPS) is 24.7. The summed E-state index contributed by atoms with van der Waals surface area (Å²) in [4.78, 5) is 15.5. The van der Waals surface area contributed by atoms with Crippen molar-refractivity contribution >= 4 is 5.91 Å². The van der Waals surface area contributed by atoms with Crippen LogP contribution in [0.25, 0.3) is 0 Å². The molecule has 0 bridgehead atoms. The van der Waals surface area contributed by atoms with Gasteiger partial charge in [0, 0.05) is 27.2 Å². The Bertz CT molecular complexity index is 322. The molecule has 1 N–H and O–H groups in total. The van der Waals surface area contributed by atoms with Gasteiger partial charge in [-0.1, -0.05) is 11.6 Å². The average molecular weight is 254 g/mol. The molecule has 1 unspecified atom stereocenters. The van der Waals surface area contributed by atoms with E-state index < -0.39 is 5.60 Å². The van der Waals surface area contributed by atoms with Gasteiger partial charge in [-0.05, 0) is 33.2 Å². The van der Waals surface area contributed by atoms with Gasteiger partial charge in [-0.3, -0.25) is 9.69 Å². The summed E-state index contributed by atoms with van der Waals surface area (Å²) in [7, 11) is 3.46. The third-order valence-electron chi connectivity index (χ3n) is 3.37. The smallest absolute Gasteiger partial charge is 0.224 e. The zero-order chi connectivity index (χ0) is 13.8. The fraction of sp³-hybridized carbons (Fsp3) is 0.786. The fourth-order valence-electron chi connectivity index (χ4n) is 2.26. The van der Waals surface area contributed by atoms with Gasteiger partial charge in [0.25, 0.3) is 0 Å². The first-order valence-corrected chi connectivity index (χ1v) is 6.61. The minimum absolute atomic E-state index is 0.00145. The summed E-state index contributed by atoms with van der Waals surface area (Å²) in [5, 5.41) is 10.5. The SMILES string of the molecule is CC(C)=CCN1CCCC(O)(CC(=O)N(C)C)C1. The maximum Gasteiger partial charge on any atom is 0.224 e. The quantitative estimate of drug-likeness (QED) is 0.768. The molecule has 0 aliphatic carbocycles. The minimum atomic E-state index is -0.852. The van der Waals surface area contributed by atoms with Crippen LogP contribution in [-0.2, 0) is 4.79 Å². The van der Waals surface area contributed by atoms with Crippen LogP contribution in [0.4, 0.5) is 0 Å². The highest BCUT2D eigenvalue weighted by Crippen LogP contribution is 2.25. The molecule has 1 aliphatic heterocycles. The van der Waals surface area contributed by atoms with Crippen LogP contribution in [0.1, 0.15) is 33.1 Å². The van der Waals surface area contributed by atoms with Gasteiger partial charge < -0.3 is 10.0 Å². The summed E-state index contributed by atoms with van der Waals surface area (Å²) in [5.41, 5.74) is 0.434. The third-order valence-corrected chi connectivity index (χ3v) is 3.37. The predicted octanol–water partition coefficient (Wildman–Crippen LogP) is 1.26. The van der Waals surface area contributed by atoms with Crippen LogP contribution >= 0.6 is 0 Å². The van der Waals surface area contributed by atoms with Crippen molar-refractivity contribution in [2.75, 3.05) is 33.7 Å². The Morgan fingerprint density at radius 1 is 1.44 bits per heavy atom. The number of β-amino-alcohol motifs (C(OH)–C–C–N with tert-alkyl or cyclic N) is 1. The van der Waals surface area contributed by atoms with Crippen LogP contribution < -0.4 is 0 Å². The zero-order valence-electron chi connectivity index (χ0n) is 12.1. The van der Waals surface area contributed by atoms with Crippen molar-refractivity contribution in [2.24, 2.45) is 0 Å². The standard InChI is InChI=1S/C14H26N2O2/c1-12(2)6-9-16-8-5-7-14(18,11-16)10-13(17)15(3)4/h6,18H,5,7-11H2,1-4H3. The highest BCUT2D eigenvalue weighted by molar-refractivity contribution is 5.76. The van der Waals surface area contributed by atoms with Crippen molar-refractivity contribution in [2.45, 2.75) is 38.7 Å². The molecule has 18 heavy (non-hydrogen) atoms. The fourth-order valence-corrected chi connectivity index (χ4v) is 2.26. The van der Waals surface area contributed by atoms with E-state index in [2.05, 4.69) is 24.8 Å². The van der Waals surface area contributed by atoms with Crippen LogP contribution in [0.2, 0.25) is 0 Å². The number of carbonyl (C=O) groups is 1. The van der Waals surface area contributed by atoms with Crippen LogP contribution in [0.5, 0.6) is 0 Å². The first kappa shape index (κ1) is 15.2. The number of allylic oxidation sites excluding steroid dienone is 1. The molecule has 0 aromatic rings. The summed E-state index contributed by atoms with van der Waals surface area (Å²) in [6.07, 6.45) is 4.07. The Kier molecular flexibility index (Phi) is 5.35. The number of hydrogen-bond acceptors (Lipinski definition) is 3.